The molecular formula is C58H74N6O12. The van der Waals surface area contributed by atoms with E-state index in [1.165, 1.54) is 25.5 Å². The number of nitrogens with zero attached hydrogens (tertiary/aromatic N) is 3. The SMILES string of the molecule is CCCOc1ccc2cc1-c1cc(ccc1OCCNC(=O)OC(C)(C)C)C[C@@H](C(=O)OC)NC(=O)[C@H](C)CC(=O)[C@H]2N(C)C(=O)[C@H](CCNC=O)CC(=O)c1c(C)nc(-c2ccc(OC3CCCCC3)cc2)nc1C. The van der Waals surface area contributed by atoms with Gasteiger partial charge in [-0.25, -0.2) is 19.6 Å². The van der Waals surface area contributed by atoms with E-state index >= 15 is 4.79 Å². The molecule has 2 aliphatic rings. The maximum Gasteiger partial charge on any atom is 0.407 e. The molecule has 4 aromatic rings. The number of carbonyl (C=O) groups excluding carboxylic acids is 7. The number of fused-ring (bicyclic) bond motifs is 5. The van der Waals surface area contributed by atoms with E-state index in [9.17, 15) is 28.8 Å². The van der Waals surface area contributed by atoms with Crippen molar-refractivity contribution in [2.75, 3.05) is 40.5 Å². The third-order valence-electron chi connectivity index (χ3n) is 13.4. The number of benzene rings is 3. The maximum absolute atomic E-state index is 15.1. The number of hydrogen-bond acceptors (Lipinski definition) is 14. The van der Waals surface area contributed by atoms with Gasteiger partial charge in [-0.3, -0.25) is 24.0 Å². The molecule has 2 heterocycles. The summed E-state index contributed by atoms with van der Waals surface area (Å²) in [5.41, 5.74) is 3.13. The molecule has 0 spiro atoms. The molecule has 4 bridgehead atoms. The van der Waals surface area contributed by atoms with Crippen LogP contribution in [-0.2, 0) is 39.9 Å². The van der Waals surface area contributed by atoms with Gasteiger partial charge in [0, 0.05) is 61.4 Å². The van der Waals surface area contributed by atoms with Crippen molar-refractivity contribution in [3.05, 3.63) is 88.7 Å². The van der Waals surface area contributed by atoms with Gasteiger partial charge in [-0.2, -0.15) is 0 Å². The second-order valence-corrected chi connectivity index (χ2v) is 20.6. The minimum absolute atomic E-state index is 0.0197. The Labute approximate surface area is 445 Å². The van der Waals surface area contributed by atoms with Crippen LogP contribution in [0.3, 0.4) is 0 Å². The molecular weight excluding hydrogens is 973 g/mol. The van der Waals surface area contributed by atoms with E-state index in [1.54, 1.807) is 77.9 Å². The first-order chi connectivity index (χ1) is 36.3. The first-order valence-corrected chi connectivity index (χ1v) is 26.3. The smallest absolute Gasteiger partial charge is 0.407 e. The van der Waals surface area contributed by atoms with Crippen molar-refractivity contribution in [1.82, 2.24) is 30.8 Å². The lowest BCUT2D eigenvalue weighted by Crippen LogP contribution is -2.46. The summed E-state index contributed by atoms with van der Waals surface area (Å²) >= 11 is 0. The Kier molecular flexibility index (Phi) is 20.5. The highest BCUT2D eigenvalue weighted by Gasteiger charge is 2.37. The Morgan fingerprint density at radius 1 is 0.868 bits per heavy atom. The normalized spacial score (nSPS) is 17.5. The third-order valence-corrected chi connectivity index (χ3v) is 13.4. The molecule has 6 rings (SSSR count). The molecule has 1 aliphatic carbocycles. The van der Waals surface area contributed by atoms with E-state index in [0.29, 0.717) is 70.4 Å². The number of likely N-dealkylation sites (N-methyl/N-ethyl adjacent to an activating group) is 1. The van der Waals surface area contributed by atoms with Crippen LogP contribution in [0.2, 0.25) is 0 Å². The van der Waals surface area contributed by atoms with Gasteiger partial charge in [-0.15, -0.1) is 0 Å². The summed E-state index contributed by atoms with van der Waals surface area (Å²) in [5.74, 6) is -2.76. The third kappa shape index (κ3) is 15.6. The molecule has 18 nitrogen and oxygen atoms in total. The van der Waals surface area contributed by atoms with E-state index in [1.807, 2.05) is 31.2 Å². The number of aromatic nitrogens is 2. The molecule has 1 saturated carbocycles. The zero-order valence-electron chi connectivity index (χ0n) is 45.4. The second-order valence-electron chi connectivity index (χ2n) is 20.6. The van der Waals surface area contributed by atoms with E-state index < -0.39 is 65.0 Å². The number of amides is 4. The first-order valence-electron chi connectivity index (χ1n) is 26.3. The van der Waals surface area contributed by atoms with Crippen LogP contribution in [0.1, 0.15) is 131 Å². The number of alkyl carbamates (subject to hydrolysis) is 1. The quantitative estimate of drug-likeness (QED) is 0.0328. The van der Waals surface area contributed by atoms with Gasteiger partial charge in [0.25, 0.3) is 0 Å². The zero-order chi connectivity index (χ0) is 55.1. The molecule has 1 fully saturated rings. The number of aryl methyl sites for hydroxylation is 2. The van der Waals surface area contributed by atoms with Gasteiger partial charge in [0.1, 0.15) is 41.5 Å². The number of esters is 1. The molecule has 0 saturated heterocycles. The summed E-state index contributed by atoms with van der Waals surface area (Å²) in [6.45, 7) is 12.7. The van der Waals surface area contributed by atoms with Gasteiger partial charge in [0.15, 0.2) is 17.4 Å². The summed E-state index contributed by atoms with van der Waals surface area (Å²) in [6, 6.07) is 15.5. The highest BCUT2D eigenvalue weighted by Crippen LogP contribution is 2.41. The summed E-state index contributed by atoms with van der Waals surface area (Å²) in [6.07, 6.45) is 5.78. The minimum Gasteiger partial charge on any atom is -0.493 e. The molecule has 1 aliphatic heterocycles. The van der Waals surface area contributed by atoms with E-state index in [-0.39, 0.29) is 57.0 Å². The predicted octanol–water partition coefficient (Wildman–Crippen LogP) is 8.17. The first kappa shape index (κ1) is 57.9. The lowest BCUT2D eigenvalue weighted by molar-refractivity contribution is -0.146. The summed E-state index contributed by atoms with van der Waals surface area (Å²) in [5, 5.41) is 8.08. The Morgan fingerprint density at radius 2 is 1.53 bits per heavy atom. The van der Waals surface area contributed by atoms with Crippen LogP contribution in [0.4, 0.5) is 4.79 Å². The van der Waals surface area contributed by atoms with Gasteiger partial charge in [0.2, 0.25) is 18.2 Å². The van der Waals surface area contributed by atoms with Crippen molar-refractivity contribution in [1.29, 1.82) is 0 Å². The van der Waals surface area contributed by atoms with Crippen molar-refractivity contribution in [2.24, 2.45) is 11.8 Å². The van der Waals surface area contributed by atoms with E-state index in [2.05, 4.69) is 16.0 Å². The lowest BCUT2D eigenvalue weighted by Gasteiger charge is -2.32. The molecule has 3 aromatic carbocycles. The van der Waals surface area contributed by atoms with Crippen molar-refractivity contribution >= 4 is 41.9 Å². The van der Waals surface area contributed by atoms with Gasteiger partial charge in [-0.05, 0) is 133 Å². The molecule has 4 atom stereocenters. The number of hydrogen-bond donors (Lipinski definition) is 3. The lowest BCUT2D eigenvalue weighted by atomic mass is 9.88. The van der Waals surface area contributed by atoms with Crippen LogP contribution in [-0.4, -0.2) is 115 Å². The fourth-order valence-corrected chi connectivity index (χ4v) is 9.63. The standard InChI is InChI=1S/C58H74N6O12/c1-10-27-73-50-23-19-40-32-45(50)44-30-38(16-22-49(44)74-28-26-60-57(71)76-58(5,6)7)31-46(56(70)72-9)63-54(68)35(2)29-48(67)52(40)64(8)55(69)41(24-25-59-34-65)33-47(66)51-36(3)61-53(62-37(51)4)39-17-20-43(21-18-39)75-42-14-12-11-13-15-42/h16-23,30,32,34-35,41-42,46,52H,10-15,24-29,31,33H2,1-9H3,(H,59,65)(H,60,71)(H,63,68)/t35-,41-,46+,52+/m1/s1. The maximum atomic E-state index is 15.1. The van der Waals surface area contributed by atoms with Crippen LogP contribution in [0.5, 0.6) is 17.2 Å². The molecule has 76 heavy (non-hydrogen) atoms. The molecule has 408 valence electrons. The molecule has 0 unspecified atom stereocenters. The predicted molar refractivity (Wildman–Crippen MR) is 285 cm³/mol. The van der Waals surface area contributed by atoms with E-state index in [4.69, 9.17) is 33.7 Å². The van der Waals surface area contributed by atoms with Crippen molar-refractivity contribution in [2.45, 2.75) is 136 Å². The Balaban J connectivity index is 1.36. The molecule has 3 N–H and O–H groups in total. The monoisotopic (exact) mass is 1050 g/mol. The number of methoxy groups -OCH3 is 1. The molecule has 1 aromatic heterocycles. The van der Waals surface area contributed by atoms with Gasteiger partial charge in [0.05, 0.1) is 43.3 Å². The summed E-state index contributed by atoms with van der Waals surface area (Å²) < 4.78 is 29.3. The van der Waals surface area contributed by atoms with Crippen LogP contribution in [0.25, 0.3) is 22.5 Å². The fraction of sp³-hybridized carbons (Fsp3) is 0.500. The fourth-order valence-electron chi connectivity index (χ4n) is 9.63. The molecule has 4 amide bonds. The van der Waals surface area contributed by atoms with Crippen LogP contribution in [0.15, 0.2) is 60.7 Å². The summed E-state index contributed by atoms with van der Waals surface area (Å²) in [4.78, 5) is 106. The van der Waals surface area contributed by atoms with Crippen molar-refractivity contribution < 1.29 is 57.2 Å². The van der Waals surface area contributed by atoms with Gasteiger partial charge in [-0.1, -0.05) is 32.4 Å². The highest BCUT2D eigenvalue weighted by molar-refractivity contribution is 6.01. The second kappa shape index (κ2) is 26.9. The topological polar surface area (TPSA) is 231 Å². The van der Waals surface area contributed by atoms with Crippen LogP contribution >= 0.6 is 0 Å². The number of ketones is 2. The largest absolute Gasteiger partial charge is 0.493 e. The number of ether oxygens (including phenoxy) is 5. The summed E-state index contributed by atoms with van der Waals surface area (Å²) in [7, 11) is 2.70. The average Bonchev–Trinajstić information content (AvgIpc) is 3.39. The Hall–Kier alpha value is -7.37. The Morgan fingerprint density at radius 3 is 2.17 bits per heavy atom. The average molecular weight is 1050 g/mol. The van der Waals surface area contributed by atoms with Gasteiger partial charge >= 0.3 is 12.1 Å². The Bertz CT molecular complexity index is 2690. The minimum atomic E-state index is -1.31. The van der Waals surface area contributed by atoms with Crippen LogP contribution < -0.4 is 30.2 Å². The number of Topliss-reactive ketones (excluding diaryl/α,β-unsaturated/α-hetero) is 2. The zero-order valence-corrected chi connectivity index (χ0v) is 45.4. The number of rotatable bonds is 20. The van der Waals surface area contributed by atoms with Crippen LogP contribution in [0, 0.1) is 25.7 Å². The number of carbonyl (C=O) groups is 7. The highest BCUT2D eigenvalue weighted by atomic mass is 16.6. The van der Waals surface area contributed by atoms with E-state index in [0.717, 1.165) is 37.0 Å². The van der Waals surface area contributed by atoms with Crippen molar-refractivity contribution in [3.8, 4) is 39.8 Å². The molecule has 18 heteroatoms. The number of nitrogens with one attached hydrogen (secondary N) is 3. The van der Waals surface area contributed by atoms with Crippen molar-refractivity contribution in [3.63, 3.8) is 0 Å². The van der Waals surface area contributed by atoms with Gasteiger partial charge < -0.3 is 44.5 Å². The molecule has 0 radical (unpaired) electrons.